The van der Waals surface area contributed by atoms with Crippen molar-refractivity contribution >= 4 is 22.6 Å². The van der Waals surface area contributed by atoms with Crippen molar-refractivity contribution in [2.45, 2.75) is 29.6 Å². The highest BCUT2D eigenvalue weighted by atomic mass is 127. The second kappa shape index (κ2) is 3.02. The predicted molar refractivity (Wildman–Crippen MR) is 60.8 cm³/mol. The van der Waals surface area contributed by atoms with E-state index < -0.39 is 0 Å². The highest BCUT2D eigenvalue weighted by Gasteiger charge is 2.28. The molecular weight excluding hydrogens is 259 g/mol. The predicted octanol–water partition coefficient (Wildman–Crippen LogP) is 3.67. The fraction of sp³-hybridized carbons (Fsp3) is 0.455. The Morgan fingerprint density at radius 2 is 2.08 bits per heavy atom. The molecule has 0 spiro atoms. The highest BCUT2D eigenvalue weighted by Crippen LogP contribution is 2.41. The van der Waals surface area contributed by atoms with E-state index in [1.54, 1.807) is 11.1 Å². The van der Waals surface area contributed by atoms with Crippen molar-refractivity contribution in [1.82, 2.24) is 0 Å². The second-order valence-corrected chi connectivity index (χ2v) is 6.09. The highest BCUT2D eigenvalue weighted by molar-refractivity contribution is 14.1. The van der Waals surface area contributed by atoms with Crippen LogP contribution in [0.15, 0.2) is 24.3 Å². The molecule has 0 fully saturated rings. The molecule has 1 unspecified atom stereocenters. The van der Waals surface area contributed by atoms with Crippen LogP contribution in [0.25, 0.3) is 0 Å². The molecule has 0 radical (unpaired) electrons. The van der Waals surface area contributed by atoms with Gasteiger partial charge in [0.05, 0.1) is 0 Å². The van der Waals surface area contributed by atoms with Crippen LogP contribution in [-0.4, -0.2) is 0 Å². The minimum Gasteiger partial charge on any atom is -0.0740 e. The van der Waals surface area contributed by atoms with Crippen LogP contribution in [0.3, 0.4) is 0 Å². The smallest absolute Gasteiger partial charge is 0.0445 e. The number of halogens is 1. The Hall–Kier alpha value is -0.0500. The van der Waals surface area contributed by atoms with Crippen LogP contribution in [0, 0.1) is 0 Å². The monoisotopic (exact) mass is 272 g/mol. The van der Waals surface area contributed by atoms with Crippen molar-refractivity contribution in [3.63, 3.8) is 0 Å². The van der Waals surface area contributed by atoms with Gasteiger partial charge in [-0.25, -0.2) is 0 Å². The second-order valence-electron chi connectivity index (χ2n) is 3.71. The van der Waals surface area contributed by atoms with Gasteiger partial charge in [-0.2, -0.15) is 0 Å². The zero-order chi connectivity index (χ0) is 8.60. The summed E-state index contributed by atoms with van der Waals surface area (Å²) in [5.41, 5.74) is 3.11. The van der Waals surface area contributed by atoms with E-state index in [1.165, 1.54) is 19.3 Å². The maximum absolute atomic E-state index is 2.58. The van der Waals surface area contributed by atoms with Crippen molar-refractivity contribution in [1.29, 1.82) is 0 Å². The SMILES string of the molecule is CC1(I)CCCc2ccccc21. The number of benzene rings is 1. The van der Waals surface area contributed by atoms with Crippen LogP contribution >= 0.6 is 22.6 Å². The van der Waals surface area contributed by atoms with Gasteiger partial charge in [0.1, 0.15) is 0 Å². The molecule has 0 bridgehead atoms. The van der Waals surface area contributed by atoms with Crippen molar-refractivity contribution in [3.05, 3.63) is 35.4 Å². The third-order valence-corrected chi connectivity index (χ3v) is 3.79. The average Bonchev–Trinajstić information content (AvgIpc) is 2.04. The van der Waals surface area contributed by atoms with Crippen LogP contribution in [0.4, 0.5) is 0 Å². The summed E-state index contributed by atoms with van der Waals surface area (Å²) in [5.74, 6) is 0. The molecule has 1 aliphatic rings. The third kappa shape index (κ3) is 1.39. The average molecular weight is 272 g/mol. The number of hydrogen-bond acceptors (Lipinski definition) is 0. The number of hydrogen-bond donors (Lipinski definition) is 0. The Morgan fingerprint density at radius 1 is 1.33 bits per heavy atom. The molecule has 0 nitrogen and oxygen atoms in total. The molecule has 0 N–H and O–H groups in total. The first kappa shape index (κ1) is 8.54. The molecular formula is C11H13I. The van der Waals surface area contributed by atoms with Gasteiger partial charge in [0.15, 0.2) is 0 Å². The summed E-state index contributed by atoms with van der Waals surface area (Å²) in [7, 11) is 0. The van der Waals surface area contributed by atoms with E-state index in [-0.39, 0.29) is 0 Å². The van der Waals surface area contributed by atoms with Crippen molar-refractivity contribution in [2.24, 2.45) is 0 Å². The Bertz CT molecular complexity index is 289. The van der Waals surface area contributed by atoms with Gasteiger partial charge in [0.25, 0.3) is 0 Å². The van der Waals surface area contributed by atoms with Crippen LogP contribution < -0.4 is 0 Å². The molecule has 2 rings (SSSR count). The molecule has 0 heterocycles. The fourth-order valence-corrected chi connectivity index (χ4v) is 2.90. The summed E-state index contributed by atoms with van der Waals surface area (Å²) in [5, 5.41) is 0. The van der Waals surface area contributed by atoms with E-state index in [4.69, 9.17) is 0 Å². The minimum absolute atomic E-state index is 0.382. The quantitative estimate of drug-likeness (QED) is 0.499. The summed E-state index contributed by atoms with van der Waals surface area (Å²) in [6.07, 6.45) is 3.94. The molecule has 12 heavy (non-hydrogen) atoms. The number of rotatable bonds is 0. The standard InChI is InChI=1S/C11H13I/c1-11(12)8-4-6-9-5-2-3-7-10(9)11/h2-3,5,7H,4,6,8H2,1H3. The van der Waals surface area contributed by atoms with E-state index in [0.29, 0.717) is 3.42 Å². The van der Waals surface area contributed by atoms with Crippen molar-refractivity contribution in [2.75, 3.05) is 0 Å². The molecule has 1 aromatic carbocycles. The van der Waals surface area contributed by atoms with E-state index in [1.807, 2.05) is 0 Å². The first-order valence-electron chi connectivity index (χ1n) is 4.47. The Morgan fingerprint density at radius 3 is 2.83 bits per heavy atom. The van der Waals surface area contributed by atoms with Crippen LogP contribution in [-0.2, 0) is 9.84 Å². The summed E-state index contributed by atoms with van der Waals surface area (Å²) >= 11 is 2.58. The van der Waals surface area contributed by atoms with E-state index >= 15 is 0 Å². The Balaban J connectivity index is 2.52. The number of aryl methyl sites for hydroxylation is 1. The Labute approximate surface area is 87.5 Å². The molecule has 0 saturated carbocycles. The van der Waals surface area contributed by atoms with Crippen molar-refractivity contribution in [3.8, 4) is 0 Å². The number of fused-ring (bicyclic) bond motifs is 1. The van der Waals surface area contributed by atoms with Gasteiger partial charge in [-0.05, 0) is 37.3 Å². The minimum atomic E-state index is 0.382. The van der Waals surface area contributed by atoms with Gasteiger partial charge in [-0.1, -0.05) is 46.9 Å². The molecule has 64 valence electrons. The summed E-state index contributed by atoms with van der Waals surface area (Å²) in [6, 6.07) is 8.85. The van der Waals surface area contributed by atoms with Crippen LogP contribution in [0.5, 0.6) is 0 Å². The molecule has 1 atom stereocenters. The van der Waals surface area contributed by atoms with E-state index in [0.717, 1.165) is 0 Å². The lowest BCUT2D eigenvalue weighted by molar-refractivity contribution is 0.568. The summed E-state index contributed by atoms with van der Waals surface area (Å²) in [4.78, 5) is 0. The molecule has 1 aliphatic carbocycles. The van der Waals surface area contributed by atoms with Crippen LogP contribution in [0.2, 0.25) is 0 Å². The molecule has 0 saturated heterocycles. The number of alkyl halides is 1. The zero-order valence-electron chi connectivity index (χ0n) is 7.31. The lowest BCUT2D eigenvalue weighted by Gasteiger charge is -2.30. The lowest BCUT2D eigenvalue weighted by Crippen LogP contribution is -2.19. The molecule has 0 aromatic heterocycles. The van der Waals surface area contributed by atoms with Gasteiger partial charge in [0.2, 0.25) is 0 Å². The van der Waals surface area contributed by atoms with Gasteiger partial charge >= 0.3 is 0 Å². The largest absolute Gasteiger partial charge is 0.0740 e. The first-order chi connectivity index (χ1) is 5.70. The van der Waals surface area contributed by atoms with Gasteiger partial charge in [-0.3, -0.25) is 0 Å². The van der Waals surface area contributed by atoms with Crippen LogP contribution in [0.1, 0.15) is 30.9 Å². The van der Waals surface area contributed by atoms with Gasteiger partial charge in [0, 0.05) is 3.42 Å². The lowest BCUT2D eigenvalue weighted by atomic mass is 9.84. The fourth-order valence-electron chi connectivity index (χ4n) is 1.99. The maximum atomic E-state index is 2.58. The van der Waals surface area contributed by atoms with Gasteiger partial charge < -0.3 is 0 Å². The molecule has 1 aromatic rings. The molecule has 0 amide bonds. The topological polar surface area (TPSA) is 0 Å². The zero-order valence-corrected chi connectivity index (χ0v) is 9.47. The normalized spacial score (nSPS) is 28.2. The maximum Gasteiger partial charge on any atom is 0.0445 e. The summed E-state index contributed by atoms with van der Waals surface area (Å²) < 4.78 is 0.382. The van der Waals surface area contributed by atoms with Crippen molar-refractivity contribution < 1.29 is 0 Å². The Kier molecular flexibility index (Phi) is 2.15. The summed E-state index contributed by atoms with van der Waals surface area (Å²) in [6.45, 7) is 2.34. The third-order valence-electron chi connectivity index (χ3n) is 2.67. The van der Waals surface area contributed by atoms with E-state index in [9.17, 15) is 0 Å². The molecule has 0 aliphatic heterocycles. The first-order valence-corrected chi connectivity index (χ1v) is 5.55. The van der Waals surface area contributed by atoms with Gasteiger partial charge in [-0.15, -0.1) is 0 Å². The van der Waals surface area contributed by atoms with E-state index in [2.05, 4.69) is 53.8 Å². The molecule has 1 heteroatoms.